The summed E-state index contributed by atoms with van der Waals surface area (Å²) in [6.45, 7) is 12.5. The lowest BCUT2D eigenvalue weighted by Gasteiger charge is -2.26. The summed E-state index contributed by atoms with van der Waals surface area (Å²) < 4.78 is 5.64. The minimum Gasteiger partial charge on any atom is -0.423 e. The van der Waals surface area contributed by atoms with Gasteiger partial charge in [-0.15, -0.1) is 0 Å². The van der Waals surface area contributed by atoms with Crippen LogP contribution in [-0.4, -0.2) is 44.6 Å². The number of oxazole rings is 1. The Kier molecular flexibility index (Phi) is 4.66. The first kappa shape index (κ1) is 19.9. The van der Waals surface area contributed by atoms with Crippen molar-refractivity contribution in [2.75, 3.05) is 18.0 Å². The van der Waals surface area contributed by atoms with E-state index in [-0.39, 0.29) is 5.54 Å². The molecular formula is C24H28N6O. The molecule has 1 unspecified atom stereocenters. The zero-order valence-corrected chi connectivity index (χ0v) is 18.7. The molecule has 31 heavy (non-hydrogen) atoms. The van der Waals surface area contributed by atoms with Crippen molar-refractivity contribution in [1.82, 2.24) is 25.3 Å². The maximum atomic E-state index is 5.64. The summed E-state index contributed by atoms with van der Waals surface area (Å²) >= 11 is 0. The molecule has 7 nitrogen and oxygen atoms in total. The van der Waals surface area contributed by atoms with Crippen LogP contribution in [0.5, 0.6) is 0 Å². The van der Waals surface area contributed by atoms with Crippen LogP contribution in [0.2, 0.25) is 0 Å². The largest absolute Gasteiger partial charge is 0.423 e. The third-order valence-corrected chi connectivity index (χ3v) is 5.60. The number of hydrogen-bond donors (Lipinski definition) is 1. The smallest absolute Gasteiger partial charge is 0.247 e. The van der Waals surface area contributed by atoms with E-state index in [1.807, 2.05) is 32.0 Å². The fourth-order valence-electron chi connectivity index (χ4n) is 4.31. The van der Waals surface area contributed by atoms with Gasteiger partial charge < -0.3 is 14.6 Å². The standard InChI is InChI=1S/C24H28N6O/c1-14-12-20(28-23-22(14)25-15(2)31-23)19-7-6-18-17(26-19)8-9-21(27-18)30-11-10-16(13-30)29-24(3,4)5/h6-9,12,16,29H,10-11,13H2,1-5H3. The number of rotatable bonds is 3. The van der Waals surface area contributed by atoms with E-state index in [0.29, 0.717) is 17.6 Å². The van der Waals surface area contributed by atoms with Gasteiger partial charge in [-0.25, -0.2) is 19.9 Å². The van der Waals surface area contributed by atoms with Gasteiger partial charge in [0.05, 0.1) is 22.4 Å². The molecule has 1 N–H and O–H groups in total. The van der Waals surface area contributed by atoms with E-state index in [0.717, 1.165) is 58.8 Å². The Morgan fingerprint density at radius 1 is 0.968 bits per heavy atom. The van der Waals surface area contributed by atoms with Gasteiger partial charge in [0.25, 0.3) is 0 Å². The Bertz CT molecular complexity index is 1270. The van der Waals surface area contributed by atoms with Crippen molar-refractivity contribution in [3.05, 3.63) is 41.8 Å². The molecule has 0 amide bonds. The molecule has 5 heterocycles. The maximum absolute atomic E-state index is 5.64. The van der Waals surface area contributed by atoms with Gasteiger partial charge in [0, 0.05) is 31.6 Å². The van der Waals surface area contributed by atoms with Gasteiger partial charge in [-0.1, -0.05) is 0 Å². The number of aryl methyl sites for hydroxylation is 2. The van der Waals surface area contributed by atoms with Crippen LogP contribution in [0.1, 0.15) is 38.6 Å². The highest BCUT2D eigenvalue weighted by molar-refractivity contribution is 5.81. The quantitative estimate of drug-likeness (QED) is 0.530. The molecule has 7 heteroatoms. The second-order valence-corrected chi connectivity index (χ2v) is 9.44. The molecule has 4 aromatic heterocycles. The molecule has 0 aromatic carbocycles. The van der Waals surface area contributed by atoms with Gasteiger partial charge >= 0.3 is 0 Å². The monoisotopic (exact) mass is 416 g/mol. The van der Waals surface area contributed by atoms with Crippen molar-refractivity contribution in [2.45, 2.75) is 52.6 Å². The van der Waals surface area contributed by atoms with Crippen LogP contribution in [0.4, 0.5) is 5.82 Å². The molecule has 1 fully saturated rings. The number of nitrogens with zero attached hydrogens (tertiary/aromatic N) is 5. The molecular weight excluding hydrogens is 388 g/mol. The van der Waals surface area contributed by atoms with Crippen molar-refractivity contribution in [1.29, 1.82) is 0 Å². The van der Waals surface area contributed by atoms with E-state index in [1.54, 1.807) is 0 Å². The lowest BCUT2D eigenvalue weighted by molar-refractivity contribution is 0.373. The molecule has 4 aromatic rings. The summed E-state index contributed by atoms with van der Waals surface area (Å²) in [4.78, 5) is 21.1. The predicted octanol–water partition coefficient (Wildman–Crippen LogP) is 4.42. The Morgan fingerprint density at radius 2 is 1.74 bits per heavy atom. The minimum absolute atomic E-state index is 0.123. The second kappa shape index (κ2) is 7.27. The van der Waals surface area contributed by atoms with Crippen molar-refractivity contribution >= 4 is 28.1 Å². The Labute approximate surface area is 181 Å². The number of aromatic nitrogens is 4. The number of nitrogens with one attached hydrogen (secondary N) is 1. The van der Waals surface area contributed by atoms with E-state index >= 15 is 0 Å². The fourth-order valence-corrected chi connectivity index (χ4v) is 4.31. The van der Waals surface area contributed by atoms with Crippen LogP contribution in [-0.2, 0) is 0 Å². The second-order valence-electron chi connectivity index (χ2n) is 9.44. The summed E-state index contributed by atoms with van der Waals surface area (Å²) in [5.41, 5.74) is 5.84. The third-order valence-electron chi connectivity index (χ3n) is 5.60. The average Bonchev–Trinajstić information content (AvgIpc) is 3.32. The lowest BCUT2D eigenvalue weighted by Crippen LogP contribution is -2.44. The topological polar surface area (TPSA) is 80.0 Å². The molecule has 5 rings (SSSR count). The number of hydrogen-bond acceptors (Lipinski definition) is 7. The van der Waals surface area contributed by atoms with E-state index in [4.69, 9.17) is 14.4 Å². The molecule has 0 bridgehead atoms. The molecule has 0 radical (unpaired) electrons. The Balaban J connectivity index is 1.42. The SMILES string of the molecule is Cc1nc2c(C)cc(-c3ccc4nc(N5CCC(NC(C)(C)C)C5)ccc4n3)nc2o1. The first-order chi connectivity index (χ1) is 14.7. The minimum atomic E-state index is 0.123. The zero-order chi connectivity index (χ0) is 21.8. The van der Waals surface area contributed by atoms with Gasteiger partial charge in [0.1, 0.15) is 11.3 Å². The van der Waals surface area contributed by atoms with E-state index in [1.165, 1.54) is 0 Å². The molecule has 1 aliphatic heterocycles. The Morgan fingerprint density at radius 3 is 2.55 bits per heavy atom. The zero-order valence-electron chi connectivity index (χ0n) is 18.7. The molecule has 1 atom stereocenters. The third kappa shape index (κ3) is 3.97. The molecule has 0 spiro atoms. The number of anilines is 1. The highest BCUT2D eigenvalue weighted by atomic mass is 16.4. The van der Waals surface area contributed by atoms with Gasteiger partial charge in [-0.05, 0) is 70.0 Å². The van der Waals surface area contributed by atoms with E-state index < -0.39 is 0 Å². The predicted molar refractivity (Wildman–Crippen MR) is 123 cm³/mol. The molecule has 160 valence electrons. The number of pyridine rings is 3. The molecule has 1 saturated heterocycles. The summed E-state index contributed by atoms with van der Waals surface area (Å²) in [6, 6.07) is 10.6. The highest BCUT2D eigenvalue weighted by Crippen LogP contribution is 2.26. The molecule has 0 aliphatic carbocycles. The van der Waals surface area contributed by atoms with E-state index in [9.17, 15) is 0 Å². The van der Waals surface area contributed by atoms with Crippen LogP contribution >= 0.6 is 0 Å². The highest BCUT2D eigenvalue weighted by Gasteiger charge is 2.26. The lowest BCUT2D eigenvalue weighted by atomic mass is 10.1. The van der Waals surface area contributed by atoms with Crippen LogP contribution in [0.3, 0.4) is 0 Å². The summed E-state index contributed by atoms with van der Waals surface area (Å²) in [6.07, 6.45) is 1.13. The van der Waals surface area contributed by atoms with Gasteiger partial charge in [-0.2, -0.15) is 0 Å². The van der Waals surface area contributed by atoms with Crippen LogP contribution in [0.15, 0.2) is 34.7 Å². The van der Waals surface area contributed by atoms with Crippen LogP contribution in [0.25, 0.3) is 33.7 Å². The van der Waals surface area contributed by atoms with Crippen LogP contribution in [0, 0.1) is 13.8 Å². The average molecular weight is 417 g/mol. The normalized spacial score (nSPS) is 17.2. The first-order valence-corrected chi connectivity index (χ1v) is 10.8. The van der Waals surface area contributed by atoms with Crippen molar-refractivity contribution in [2.24, 2.45) is 0 Å². The van der Waals surface area contributed by atoms with Gasteiger partial charge in [-0.3, -0.25) is 0 Å². The summed E-state index contributed by atoms with van der Waals surface area (Å²) in [5.74, 6) is 1.63. The molecule has 1 aliphatic rings. The fraction of sp³-hybridized carbons (Fsp3) is 0.417. The Hall–Kier alpha value is -3.06. The maximum Gasteiger partial charge on any atom is 0.247 e. The summed E-state index contributed by atoms with van der Waals surface area (Å²) in [5, 5.41) is 3.70. The van der Waals surface area contributed by atoms with Crippen molar-refractivity contribution in [3.63, 3.8) is 0 Å². The summed E-state index contributed by atoms with van der Waals surface area (Å²) in [7, 11) is 0. The van der Waals surface area contributed by atoms with E-state index in [2.05, 4.69) is 53.1 Å². The molecule has 0 saturated carbocycles. The van der Waals surface area contributed by atoms with Gasteiger partial charge in [0.2, 0.25) is 5.71 Å². The van der Waals surface area contributed by atoms with Crippen molar-refractivity contribution < 1.29 is 4.42 Å². The van der Waals surface area contributed by atoms with Crippen LogP contribution < -0.4 is 10.2 Å². The first-order valence-electron chi connectivity index (χ1n) is 10.8. The number of fused-ring (bicyclic) bond motifs is 2. The van der Waals surface area contributed by atoms with Gasteiger partial charge in [0.15, 0.2) is 5.89 Å². The van der Waals surface area contributed by atoms with Crippen molar-refractivity contribution in [3.8, 4) is 11.4 Å².